The predicted molar refractivity (Wildman–Crippen MR) is 61.8 cm³/mol. The van der Waals surface area contributed by atoms with Crippen LogP contribution in [0.1, 0.15) is 6.92 Å². The van der Waals surface area contributed by atoms with Crippen molar-refractivity contribution in [2.24, 2.45) is 10.9 Å². The van der Waals surface area contributed by atoms with Gasteiger partial charge in [-0.15, -0.1) is 0 Å². The van der Waals surface area contributed by atoms with Gasteiger partial charge in [0, 0.05) is 11.6 Å². The number of rotatable bonds is 3. The number of nitrogens with one attached hydrogen (secondary N) is 1. The van der Waals surface area contributed by atoms with E-state index in [1.807, 2.05) is 30.5 Å². The third kappa shape index (κ3) is 1.79. The minimum absolute atomic E-state index is 0.0450. The molecular formula is C11H13N3O2. The molecule has 84 valence electrons. The molecule has 1 aromatic heterocycles. The number of oxime groups is 1. The first-order valence-corrected chi connectivity index (χ1v) is 4.92. The Kier molecular flexibility index (Phi) is 2.68. The summed E-state index contributed by atoms with van der Waals surface area (Å²) in [5.41, 5.74) is 6.35. The van der Waals surface area contributed by atoms with Crippen LogP contribution >= 0.6 is 0 Å². The zero-order valence-corrected chi connectivity index (χ0v) is 8.84. The fourth-order valence-corrected chi connectivity index (χ4v) is 1.49. The zero-order chi connectivity index (χ0) is 11.5. The van der Waals surface area contributed by atoms with Crippen LogP contribution in [-0.2, 0) is 0 Å². The number of amidine groups is 1. The van der Waals surface area contributed by atoms with Gasteiger partial charge in [-0.05, 0) is 19.1 Å². The Morgan fingerprint density at radius 2 is 2.31 bits per heavy atom. The van der Waals surface area contributed by atoms with Gasteiger partial charge in [0.05, 0.1) is 5.52 Å². The minimum Gasteiger partial charge on any atom is -0.480 e. The number of benzene rings is 1. The number of hydrogen-bond donors (Lipinski definition) is 3. The van der Waals surface area contributed by atoms with Crippen LogP contribution in [0, 0.1) is 0 Å². The quantitative estimate of drug-likeness (QED) is 0.318. The number of para-hydroxylation sites is 1. The minimum atomic E-state index is -0.473. The molecule has 0 fully saturated rings. The predicted octanol–water partition coefficient (Wildman–Crippen LogP) is 1.68. The Hall–Kier alpha value is -2.17. The maximum absolute atomic E-state index is 8.53. The van der Waals surface area contributed by atoms with E-state index in [4.69, 9.17) is 15.7 Å². The second-order valence-electron chi connectivity index (χ2n) is 3.48. The van der Waals surface area contributed by atoms with E-state index in [0.717, 1.165) is 10.9 Å². The van der Waals surface area contributed by atoms with Crippen molar-refractivity contribution in [1.29, 1.82) is 0 Å². The van der Waals surface area contributed by atoms with Crippen molar-refractivity contribution in [1.82, 2.24) is 4.98 Å². The van der Waals surface area contributed by atoms with E-state index in [1.54, 1.807) is 6.92 Å². The zero-order valence-electron chi connectivity index (χ0n) is 8.84. The van der Waals surface area contributed by atoms with E-state index in [2.05, 4.69) is 10.1 Å². The van der Waals surface area contributed by atoms with Gasteiger partial charge in [-0.25, -0.2) is 0 Å². The number of ether oxygens (including phenoxy) is 1. The van der Waals surface area contributed by atoms with E-state index >= 15 is 0 Å². The first-order valence-electron chi connectivity index (χ1n) is 4.92. The molecule has 1 aromatic carbocycles. The fourth-order valence-electron chi connectivity index (χ4n) is 1.49. The molecule has 0 saturated carbocycles. The van der Waals surface area contributed by atoms with Crippen LogP contribution in [0.15, 0.2) is 35.6 Å². The standard InChI is InChI=1S/C11H13N3O2/c1-7(11(12)14-15)16-9-4-2-3-8-5-6-13-10(8)9/h2-7,13,15H,1H3,(H2,12,14). The summed E-state index contributed by atoms with van der Waals surface area (Å²) < 4.78 is 5.59. The maximum Gasteiger partial charge on any atom is 0.180 e. The number of aromatic amines is 1. The Balaban J connectivity index is 2.30. The average Bonchev–Trinajstić information content (AvgIpc) is 2.77. The molecule has 5 heteroatoms. The molecule has 0 aliphatic carbocycles. The lowest BCUT2D eigenvalue weighted by Crippen LogP contribution is -2.31. The highest BCUT2D eigenvalue weighted by Crippen LogP contribution is 2.24. The number of H-pyrrole nitrogens is 1. The summed E-state index contributed by atoms with van der Waals surface area (Å²) in [7, 11) is 0. The summed E-state index contributed by atoms with van der Waals surface area (Å²) in [4.78, 5) is 3.08. The molecule has 4 N–H and O–H groups in total. The highest BCUT2D eigenvalue weighted by molar-refractivity contribution is 5.87. The van der Waals surface area contributed by atoms with E-state index in [0.29, 0.717) is 5.75 Å². The molecule has 0 aliphatic rings. The average molecular weight is 219 g/mol. The van der Waals surface area contributed by atoms with E-state index in [9.17, 15) is 0 Å². The second-order valence-corrected chi connectivity index (χ2v) is 3.48. The van der Waals surface area contributed by atoms with Crippen molar-refractivity contribution in [3.05, 3.63) is 30.5 Å². The normalized spacial score (nSPS) is 13.9. The number of nitrogens with zero attached hydrogens (tertiary/aromatic N) is 1. The summed E-state index contributed by atoms with van der Waals surface area (Å²) in [5, 5.41) is 12.5. The van der Waals surface area contributed by atoms with Crippen LogP contribution in [0.5, 0.6) is 5.75 Å². The molecule has 0 saturated heterocycles. The molecule has 0 bridgehead atoms. The van der Waals surface area contributed by atoms with Gasteiger partial charge < -0.3 is 20.7 Å². The summed E-state index contributed by atoms with van der Waals surface area (Å²) in [6.45, 7) is 1.72. The SMILES string of the molecule is CC(Oc1cccc2cc[nH]c12)/C(N)=N\O. The van der Waals surface area contributed by atoms with Gasteiger partial charge in [-0.2, -0.15) is 0 Å². The molecule has 0 aliphatic heterocycles. The highest BCUT2D eigenvalue weighted by Gasteiger charge is 2.11. The number of aromatic nitrogens is 1. The van der Waals surface area contributed by atoms with Gasteiger partial charge in [0.15, 0.2) is 11.9 Å². The molecule has 2 aromatic rings. The third-order valence-corrected chi connectivity index (χ3v) is 2.38. The molecule has 0 spiro atoms. The fraction of sp³-hybridized carbons (Fsp3) is 0.182. The topological polar surface area (TPSA) is 83.6 Å². The van der Waals surface area contributed by atoms with E-state index in [-0.39, 0.29) is 5.84 Å². The van der Waals surface area contributed by atoms with Crippen molar-refractivity contribution < 1.29 is 9.94 Å². The molecular weight excluding hydrogens is 206 g/mol. The van der Waals surface area contributed by atoms with Crippen molar-refractivity contribution in [2.45, 2.75) is 13.0 Å². The molecule has 1 heterocycles. The molecule has 16 heavy (non-hydrogen) atoms. The van der Waals surface area contributed by atoms with Gasteiger partial charge >= 0.3 is 0 Å². The Bertz CT molecular complexity index is 519. The number of hydrogen-bond acceptors (Lipinski definition) is 3. The van der Waals surface area contributed by atoms with Crippen LogP contribution in [0.25, 0.3) is 10.9 Å². The first kappa shape index (κ1) is 10.4. The monoisotopic (exact) mass is 219 g/mol. The summed E-state index contributed by atoms with van der Waals surface area (Å²) in [6, 6.07) is 7.66. The van der Waals surface area contributed by atoms with Crippen molar-refractivity contribution in [3.63, 3.8) is 0 Å². The lowest BCUT2D eigenvalue weighted by molar-refractivity contribution is 0.267. The number of fused-ring (bicyclic) bond motifs is 1. The maximum atomic E-state index is 8.53. The molecule has 1 atom stereocenters. The van der Waals surface area contributed by atoms with Crippen LogP contribution in [-0.4, -0.2) is 22.1 Å². The lowest BCUT2D eigenvalue weighted by atomic mass is 10.2. The Morgan fingerprint density at radius 1 is 1.50 bits per heavy atom. The third-order valence-electron chi connectivity index (χ3n) is 2.38. The lowest BCUT2D eigenvalue weighted by Gasteiger charge is -2.13. The summed E-state index contributed by atoms with van der Waals surface area (Å²) >= 11 is 0. The number of nitrogens with two attached hydrogens (primary N) is 1. The molecule has 0 radical (unpaired) electrons. The second kappa shape index (κ2) is 4.14. The van der Waals surface area contributed by atoms with Gasteiger partial charge in [-0.3, -0.25) is 0 Å². The summed E-state index contributed by atoms with van der Waals surface area (Å²) in [5.74, 6) is 0.727. The largest absolute Gasteiger partial charge is 0.480 e. The van der Waals surface area contributed by atoms with Crippen LogP contribution < -0.4 is 10.5 Å². The van der Waals surface area contributed by atoms with Gasteiger partial charge in [0.1, 0.15) is 5.75 Å². The summed E-state index contributed by atoms with van der Waals surface area (Å²) in [6.07, 6.45) is 1.37. The van der Waals surface area contributed by atoms with Crippen molar-refractivity contribution in [3.8, 4) is 5.75 Å². The smallest absolute Gasteiger partial charge is 0.180 e. The van der Waals surface area contributed by atoms with Gasteiger partial charge in [0.2, 0.25) is 0 Å². The van der Waals surface area contributed by atoms with E-state index < -0.39 is 6.10 Å². The highest BCUT2D eigenvalue weighted by atomic mass is 16.5. The van der Waals surface area contributed by atoms with E-state index in [1.165, 1.54) is 0 Å². The van der Waals surface area contributed by atoms with Crippen molar-refractivity contribution >= 4 is 16.7 Å². The van der Waals surface area contributed by atoms with Crippen molar-refractivity contribution in [2.75, 3.05) is 0 Å². The Morgan fingerprint density at radius 3 is 3.06 bits per heavy atom. The van der Waals surface area contributed by atoms with Crippen LogP contribution in [0.4, 0.5) is 0 Å². The van der Waals surface area contributed by atoms with Crippen LogP contribution in [0.3, 0.4) is 0 Å². The molecule has 5 nitrogen and oxygen atoms in total. The van der Waals surface area contributed by atoms with Gasteiger partial charge in [0.25, 0.3) is 0 Å². The van der Waals surface area contributed by atoms with Gasteiger partial charge in [-0.1, -0.05) is 17.3 Å². The first-order chi connectivity index (χ1) is 7.72. The molecule has 0 amide bonds. The molecule has 1 unspecified atom stereocenters. The van der Waals surface area contributed by atoms with Crippen LogP contribution in [0.2, 0.25) is 0 Å². The Labute approximate surface area is 92.5 Å². The molecule has 2 rings (SSSR count).